The standard InChI is InChI=1S/C24H17N5O2S2/c1-13-11-32-22(26-13)21-20(14-7-8-17-18(9-14)33-12-25-17)27-19(28(21)2)10-29-23(30)15-5-3-4-6-16(15)24(29)31/h3-9,11-12H,10H2,1-2H3/p+1. The summed E-state index contributed by atoms with van der Waals surface area (Å²) in [5.41, 5.74) is 7.45. The maximum absolute atomic E-state index is 12.9. The Balaban J connectivity index is 1.47. The van der Waals surface area contributed by atoms with Crippen LogP contribution in [-0.2, 0) is 13.6 Å². The summed E-state index contributed by atoms with van der Waals surface area (Å²) in [5.74, 6) is 0.195. The van der Waals surface area contributed by atoms with Gasteiger partial charge in [0, 0.05) is 16.6 Å². The van der Waals surface area contributed by atoms with E-state index >= 15 is 0 Å². The number of carbonyl (C=O) groups is 2. The average molecular weight is 473 g/mol. The Morgan fingerprint density at radius 1 is 1.06 bits per heavy atom. The molecule has 9 heteroatoms. The average Bonchev–Trinajstić information content (AvgIpc) is 3.58. The Kier molecular flexibility index (Phi) is 4.49. The minimum atomic E-state index is -0.274. The lowest BCUT2D eigenvalue weighted by Crippen LogP contribution is -2.39. The van der Waals surface area contributed by atoms with Gasteiger partial charge in [-0.15, -0.1) is 22.7 Å². The molecule has 0 unspecified atom stereocenters. The van der Waals surface area contributed by atoms with E-state index in [9.17, 15) is 9.59 Å². The molecule has 0 radical (unpaired) electrons. The predicted octanol–water partition coefficient (Wildman–Crippen LogP) is 4.34. The van der Waals surface area contributed by atoms with Crippen LogP contribution in [0.15, 0.2) is 53.4 Å². The first-order valence-corrected chi connectivity index (χ1v) is 12.1. The van der Waals surface area contributed by atoms with Gasteiger partial charge in [0.05, 0.1) is 33.9 Å². The Morgan fingerprint density at radius 3 is 2.52 bits per heavy atom. The summed E-state index contributed by atoms with van der Waals surface area (Å²) in [5, 5.41) is 2.89. The number of hydrogen-bond donors (Lipinski definition) is 1. The number of carbonyl (C=O) groups excluding carboxylic acids is 2. The number of benzene rings is 2. The third-order valence-corrected chi connectivity index (χ3v) is 7.63. The number of hydrogen-bond acceptors (Lipinski definition) is 6. The van der Waals surface area contributed by atoms with Crippen LogP contribution in [0.2, 0.25) is 0 Å². The van der Waals surface area contributed by atoms with Crippen LogP contribution in [0, 0.1) is 6.92 Å². The number of aromatic nitrogens is 4. The van der Waals surface area contributed by atoms with Gasteiger partial charge in [-0.2, -0.15) is 0 Å². The highest BCUT2D eigenvalue weighted by Gasteiger charge is 2.38. The van der Waals surface area contributed by atoms with E-state index in [1.807, 2.05) is 41.6 Å². The zero-order valence-corrected chi connectivity index (χ0v) is 19.5. The number of rotatable bonds is 4. The normalized spacial score (nSPS) is 13.3. The van der Waals surface area contributed by atoms with Gasteiger partial charge < -0.3 is 0 Å². The third kappa shape index (κ3) is 3.12. The Labute approximate surface area is 197 Å². The van der Waals surface area contributed by atoms with Crippen molar-refractivity contribution in [2.45, 2.75) is 13.5 Å². The van der Waals surface area contributed by atoms with E-state index in [2.05, 4.69) is 16.0 Å². The molecule has 0 fully saturated rings. The highest BCUT2D eigenvalue weighted by molar-refractivity contribution is 7.16. The number of amides is 2. The van der Waals surface area contributed by atoms with Crippen molar-refractivity contribution in [3.63, 3.8) is 0 Å². The predicted molar refractivity (Wildman–Crippen MR) is 127 cm³/mol. The maximum atomic E-state index is 12.9. The molecule has 0 saturated heterocycles. The van der Waals surface area contributed by atoms with E-state index < -0.39 is 0 Å². The van der Waals surface area contributed by atoms with Crippen molar-refractivity contribution in [2.24, 2.45) is 7.05 Å². The molecule has 33 heavy (non-hydrogen) atoms. The van der Waals surface area contributed by atoms with Crippen LogP contribution in [0.3, 0.4) is 0 Å². The zero-order chi connectivity index (χ0) is 22.7. The molecule has 0 spiro atoms. The van der Waals surface area contributed by atoms with Crippen LogP contribution in [-0.4, -0.2) is 31.7 Å². The quantitative estimate of drug-likeness (QED) is 0.312. The molecule has 0 saturated carbocycles. The first-order valence-electron chi connectivity index (χ1n) is 10.3. The Hall–Kier alpha value is -3.69. The lowest BCUT2D eigenvalue weighted by atomic mass is 10.1. The van der Waals surface area contributed by atoms with Gasteiger partial charge in [0.1, 0.15) is 6.54 Å². The molecule has 0 atom stereocenters. The van der Waals surface area contributed by atoms with Gasteiger partial charge in [-0.3, -0.25) is 14.5 Å². The van der Waals surface area contributed by atoms with Gasteiger partial charge in [-0.05, 0) is 37.3 Å². The molecule has 162 valence electrons. The molecular weight excluding hydrogens is 454 g/mol. The molecular formula is C24H18N5O2S2+. The van der Waals surface area contributed by atoms with Crippen molar-refractivity contribution in [3.05, 3.63) is 76.0 Å². The topological polar surface area (TPSA) is 82.8 Å². The monoisotopic (exact) mass is 472 g/mol. The van der Waals surface area contributed by atoms with Crippen molar-refractivity contribution in [2.75, 3.05) is 0 Å². The number of nitrogens with zero attached hydrogens (tertiary/aromatic N) is 4. The minimum absolute atomic E-state index is 0.142. The van der Waals surface area contributed by atoms with E-state index in [1.54, 1.807) is 46.9 Å². The Bertz CT molecular complexity index is 1540. The SMILES string of the molecule is Cc1csc(-c2c(-c3ccc4ncsc4c3)[nH]c(CN3C(=O)c4ccccc4C3=O)[n+]2C)n1. The highest BCUT2D eigenvalue weighted by atomic mass is 32.1. The largest absolute Gasteiger partial charge is 0.275 e. The molecule has 2 aromatic carbocycles. The fraction of sp³-hybridized carbons (Fsp3) is 0.125. The van der Waals surface area contributed by atoms with Gasteiger partial charge in [-0.25, -0.2) is 19.5 Å². The highest BCUT2D eigenvalue weighted by Crippen LogP contribution is 2.34. The van der Waals surface area contributed by atoms with E-state index in [0.29, 0.717) is 11.1 Å². The van der Waals surface area contributed by atoms with Crippen LogP contribution in [0.25, 0.3) is 32.2 Å². The second kappa shape index (κ2) is 7.43. The summed E-state index contributed by atoms with van der Waals surface area (Å²) in [7, 11) is 1.94. The second-order valence-corrected chi connectivity index (χ2v) is 9.67. The van der Waals surface area contributed by atoms with Gasteiger partial charge in [0.2, 0.25) is 5.69 Å². The number of imidazole rings is 1. The molecule has 3 aromatic heterocycles. The molecule has 5 aromatic rings. The van der Waals surface area contributed by atoms with E-state index in [4.69, 9.17) is 4.98 Å². The van der Waals surface area contributed by atoms with Crippen LogP contribution in [0.4, 0.5) is 0 Å². The molecule has 2 amide bonds. The number of fused-ring (bicyclic) bond motifs is 2. The van der Waals surface area contributed by atoms with Crippen molar-refractivity contribution in [3.8, 4) is 22.0 Å². The molecule has 1 N–H and O–H groups in total. The molecule has 1 aliphatic heterocycles. The van der Waals surface area contributed by atoms with E-state index in [-0.39, 0.29) is 18.4 Å². The number of H-pyrrole nitrogens is 1. The van der Waals surface area contributed by atoms with E-state index in [0.717, 1.165) is 43.7 Å². The van der Waals surface area contributed by atoms with Crippen LogP contribution in [0.5, 0.6) is 0 Å². The number of aryl methyl sites for hydroxylation is 1. The number of thiazole rings is 2. The second-order valence-electron chi connectivity index (χ2n) is 7.93. The molecule has 0 bridgehead atoms. The summed E-state index contributed by atoms with van der Waals surface area (Å²) in [4.78, 5) is 39.8. The lowest BCUT2D eigenvalue weighted by molar-refractivity contribution is -0.667. The molecule has 1 aliphatic rings. The van der Waals surface area contributed by atoms with Gasteiger partial charge >= 0.3 is 0 Å². The summed E-state index contributed by atoms with van der Waals surface area (Å²) in [6.07, 6.45) is 0. The van der Waals surface area contributed by atoms with Gasteiger partial charge in [0.15, 0.2) is 10.7 Å². The van der Waals surface area contributed by atoms with Crippen LogP contribution in [0.1, 0.15) is 32.2 Å². The fourth-order valence-electron chi connectivity index (χ4n) is 4.20. The van der Waals surface area contributed by atoms with Crippen molar-refractivity contribution in [1.82, 2.24) is 19.9 Å². The van der Waals surface area contributed by atoms with Crippen molar-refractivity contribution < 1.29 is 14.2 Å². The summed E-state index contributed by atoms with van der Waals surface area (Å²) in [6.45, 7) is 2.11. The Morgan fingerprint density at radius 2 is 1.82 bits per heavy atom. The minimum Gasteiger partial charge on any atom is -0.269 e. The van der Waals surface area contributed by atoms with Crippen LogP contribution >= 0.6 is 22.7 Å². The summed E-state index contributed by atoms with van der Waals surface area (Å²) < 4.78 is 3.08. The number of imide groups is 1. The smallest absolute Gasteiger partial charge is 0.269 e. The zero-order valence-electron chi connectivity index (χ0n) is 17.8. The molecule has 0 aliphatic carbocycles. The number of nitrogens with one attached hydrogen (secondary N) is 1. The number of aromatic amines is 1. The van der Waals surface area contributed by atoms with Gasteiger partial charge in [0.25, 0.3) is 17.6 Å². The van der Waals surface area contributed by atoms with Crippen molar-refractivity contribution in [1.29, 1.82) is 0 Å². The van der Waals surface area contributed by atoms with Gasteiger partial charge in [-0.1, -0.05) is 12.1 Å². The molecule has 4 heterocycles. The fourth-order valence-corrected chi connectivity index (χ4v) is 5.80. The molecule has 7 nitrogen and oxygen atoms in total. The van der Waals surface area contributed by atoms with E-state index in [1.165, 1.54) is 4.90 Å². The van der Waals surface area contributed by atoms with Crippen LogP contribution < -0.4 is 4.57 Å². The molecule has 6 rings (SSSR count). The first-order chi connectivity index (χ1) is 16.0. The lowest BCUT2D eigenvalue weighted by Gasteiger charge is -2.10. The first kappa shape index (κ1) is 20.0. The third-order valence-electron chi connectivity index (χ3n) is 5.87. The summed E-state index contributed by atoms with van der Waals surface area (Å²) >= 11 is 3.16. The summed E-state index contributed by atoms with van der Waals surface area (Å²) in [6, 6.07) is 13.1. The van der Waals surface area contributed by atoms with Crippen molar-refractivity contribution >= 4 is 44.7 Å². The maximum Gasteiger partial charge on any atom is 0.275 e.